The fourth-order valence-electron chi connectivity index (χ4n) is 2.90. The van der Waals surface area contributed by atoms with E-state index in [1.54, 1.807) is 0 Å². The third-order valence-electron chi connectivity index (χ3n) is 4.24. The van der Waals surface area contributed by atoms with Gasteiger partial charge in [-0.3, -0.25) is 20.6 Å². The number of nitrogens with zero attached hydrogens (tertiary/aromatic N) is 1. The number of hydrogen-bond donors (Lipinski definition) is 4. The summed E-state index contributed by atoms with van der Waals surface area (Å²) >= 11 is 0. The molecule has 23 heavy (non-hydrogen) atoms. The summed E-state index contributed by atoms with van der Waals surface area (Å²) in [7, 11) is 0. The molecule has 0 saturated heterocycles. The molecule has 2 heterocycles. The van der Waals surface area contributed by atoms with Gasteiger partial charge in [0.2, 0.25) is 0 Å². The fraction of sp³-hybridized carbons (Fsp3) is 0.412. The summed E-state index contributed by atoms with van der Waals surface area (Å²) in [5.74, 6) is 0.766. The quantitative estimate of drug-likeness (QED) is 0.666. The minimum absolute atomic E-state index is 0.118. The highest BCUT2D eigenvalue weighted by molar-refractivity contribution is 5.93. The van der Waals surface area contributed by atoms with Gasteiger partial charge in [0.15, 0.2) is 0 Å². The van der Waals surface area contributed by atoms with Gasteiger partial charge in [0.1, 0.15) is 12.4 Å². The second-order valence-corrected chi connectivity index (χ2v) is 6.10. The predicted molar refractivity (Wildman–Crippen MR) is 88.5 cm³/mol. The maximum Gasteiger partial charge on any atom is 0.260 e. The Kier molecular flexibility index (Phi) is 4.62. The molecule has 3 unspecified atom stereocenters. The lowest BCUT2D eigenvalue weighted by Crippen LogP contribution is -2.50. The third kappa shape index (κ3) is 3.90. The Morgan fingerprint density at radius 2 is 2.09 bits per heavy atom. The van der Waals surface area contributed by atoms with Crippen molar-refractivity contribution in [2.24, 2.45) is 10.9 Å². The van der Waals surface area contributed by atoms with Crippen molar-refractivity contribution in [3.8, 4) is 0 Å². The largest absolute Gasteiger partial charge is 0.388 e. The topological polar surface area (TPSA) is 85.8 Å². The highest BCUT2D eigenvalue weighted by Gasteiger charge is 2.26. The van der Waals surface area contributed by atoms with Crippen LogP contribution in [0.4, 0.5) is 0 Å². The summed E-state index contributed by atoms with van der Waals surface area (Å²) in [6, 6.07) is 8.12. The number of nitrogens with one attached hydrogen (secondary N) is 3. The van der Waals surface area contributed by atoms with Crippen LogP contribution in [0.25, 0.3) is 0 Å². The molecule has 122 valence electrons. The molecule has 1 aromatic carbocycles. The number of aryl methyl sites for hydroxylation is 1. The van der Waals surface area contributed by atoms with Crippen molar-refractivity contribution < 1.29 is 9.90 Å². The van der Waals surface area contributed by atoms with Crippen LogP contribution in [0.15, 0.2) is 41.5 Å². The van der Waals surface area contributed by atoms with E-state index < -0.39 is 6.10 Å². The highest BCUT2D eigenvalue weighted by atomic mass is 16.3. The number of hydrazine groups is 1. The van der Waals surface area contributed by atoms with E-state index in [1.807, 2.05) is 43.5 Å². The van der Waals surface area contributed by atoms with Gasteiger partial charge in [0.05, 0.1) is 6.10 Å². The first-order valence-corrected chi connectivity index (χ1v) is 7.88. The summed E-state index contributed by atoms with van der Waals surface area (Å²) in [6.07, 6.45) is 4.88. The van der Waals surface area contributed by atoms with E-state index in [1.165, 1.54) is 5.56 Å². The molecular formula is C17H22N4O2. The number of amidine groups is 1. The lowest BCUT2D eigenvalue weighted by Gasteiger charge is -2.30. The number of rotatable bonds is 4. The zero-order valence-corrected chi connectivity index (χ0v) is 13.1. The van der Waals surface area contributed by atoms with Gasteiger partial charge in [0, 0.05) is 12.0 Å². The average Bonchev–Trinajstić information content (AvgIpc) is 2.56. The maximum absolute atomic E-state index is 11.1. The van der Waals surface area contributed by atoms with Crippen molar-refractivity contribution in [1.29, 1.82) is 0 Å². The molecule has 2 aliphatic rings. The second kappa shape index (κ2) is 6.83. The first kappa shape index (κ1) is 15.6. The van der Waals surface area contributed by atoms with Crippen LogP contribution in [0.5, 0.6) is 0 Å². The van der Waals surface area contributed by atoms with E-state index in [9.17, 15) is 9.90 Å². The number of benzene rings is 1. The maximum atomic E-state index is 11.1. The van der Waals surface area contributed by atoms with Crippen molar-refractivity contribution in [2.45, 2.75) is 31.9 Å². The Labute approximate surface area is 135 Å². The van der Waals surface area contributed by atoms with Crippen molar-refractivity contribution in [3.63, 3.8) is 0 Å². The average molecular weight is 314 g/mol. The molecule has 0 bridgehead atoms. The molecule has 6 heteroatoms. The number of aliphatic imine (C=N–C) groups is 1. The van der Waals surface area contributed by atoms with Gasteiger partial charge in [-0.15, -0.1) is 0 Å². The number of aliphatic hydroxyl groups is 1. The van der Waals surface area contributed by atoms with Crippen molar-refractivity contribution >= 4 is 11.7 Å². The molecule has 6 nitrogen and oxygen atoms in total. The van der Waals surface area contributed by atoms with Crippen molar-refractivity contribution in [1.82, 2.24) is 16.2 Å². The van der Waals surface area contributed by atoms with Gasteiger partial charge < -0.3 is 10.4 Å². The van der Waals surface area contributed by atoms with Crippen LogP contribution in [0, 0.1) is 12.8 Å². The Balaban J connectivity index is 1.60. The van der Waals surface area contributed by atoms with Gasteiger partial charge >= 0.3 is 0 Å². The summed E-state index contributed by atoms with van der Waals surface area (Å²) < 4.78 is 0. The van der Waals surface area contributed by atoms with E-state index in [0.717, 1.165) is 17.8 Å². The fourth-order valence-corrected chi connectivity index (χ4v) is 2.90. The van der Waals surface area contributed by atoms with Gasteiger partial charge in [-0.2, -0.15) is 0 Å². The number of carbonyl (C=O) groups excluding carboxylic acids is 1. The van der Waals surface area contributed by atoms with Crippen molar-refractivity contribution in [3.05, 3.63) is 47.7 Å². The Bertz CT molecular complexity index is 624. The molecule has 0 fully saturated rings. The number of amides is 1. The first-order valence-electron chi connectivity index (χ1n) is 7.88. The first-order chi connectivity index (χ1) is 11.1. The molecule has 1 aromatic rings. The van der Waals surface area contributed by atoms with Crippen molar-refractivity contribution in [2.75, 3.05) is 6.54 Å². The molecule has 2 aliphatic heterocycles. The molecule has 0 saturated carbocycles. The van der Waals surface area contributed by atoms with E-state index in [4.69, 9.17) is 0 Å². The molecule has 0 spiro atoms. The number of carbonyl (C=O) groups is 1. The van der Waals surface area contributed by atoms with Crippen LogP contribution >= 0.6 is 0 Å². The van der Waals surface area contributed by atoms with Crippen LogP contribution in [0.2, 0.25) is 0 Å². The molecule has 3 atom stereocenters. The van der Waals surface area contributed by atoms with Crippen LogP contribution in [0.3, 0.4) is 0 Å². The van der Waals surface area contributed by atoms with Gasteiger partial charge in [-0.25, -0.2) is 0 Å². The molecule has 1 amide bonds. The SMILES string of the molecule is Cc1ccc(C(O)CC2CC(C3=NCC(=O)NN3)C=CN2)cc1. The molecule has 0 aromatic heterocycles. The summed E-state index contributed by atoms with van der Waals surface area (Å²) in [4.78, 5) is 15.4. The van der Waals surface area contributed by atoms with Crippen LogP contribution in [-0.4, -0.2) is 29.4 Å². The van der Waals surface area contributed by atoms with Crippen LogP contribution in [0.1, 0.15) is 30.1 Å². The Morgan fingerprint density at radius 3 is 2.78 bits per heavy atom. The lowest BCUT2D eigenvalue weighted by atomic mass is 9.90. The third-order valence-corrected chi connectivity index (χ3v) is 4.24. The highest BCUT2D eigenvalue weighted by Crippen LogP contribution is 2.24. The smallest absolute Gasteiger partial charge is 0.260 e. The van der Waals surface area contributed by atoms with E-state index in [2.05, 4.69) is 21.2 Å². The molecule has 0 radical (unpaired) electrons. The Morgan fingerprint density at radius 1 is 1.30 bits per heavy atom. The van der Waals surface area contributed by atoms with Gasteiger partial charge in [0.25, 0.3) is 5.91 Å². The van der Waals surface area contributed by atoms with Gasteiger partial charge in [-0.05, 0) is 31.5 Å². The normalized spacial score (nSPS) is 25.0. The second-order valence-electron chi connectivity index (χ2n) is 6.10. The van der Waals surface area contributed by atoms with Crippen LogP contribution < -0.4 is 16.2 Å². The van der Waals surface area contributed by atoms with Crippen LogP contribution in [-0.2, 0) is 4.79 Å². The summed E-state index contributed by atoms with van der Waals surface area (Å²) in [5, 5.41) is 13.7. The monoisotopic (exact) mass is 314 g/mol. The van der Waals surface area contributed by atoms with E-state index in [-0.39, 0.29) is 24.4 Å². The standard InChI is InChI=1S/C17H22N4O2/c1-11-2-4-12(5-3-11)15(22)9-14-8-13(6-7-18-14)17-19-10-16(23)20-21-17/h2-7,13-15,18,22H,8-10H2,1H3,(H,19,21)(H,20,23). The molecule has 0 aliphatic carbocycles. The summed E-state index contributed by atoms with van der Waals surface area (Å²) in [5.41, 5.74) is 7.57. The molecular weight excluding hydrogens is 292 g/mol. The Hall–Kier alpha value is -2.34. The van der Waals surface area contributed by atoms with E-state index in [0.29, 0.717) is 6.42 Å². The predicted octanol–water partition coefficient (Wildman–Crippen LogP) is 0.943. The zero-order valence-electron chi connectivity index (χ0n) is 13.1. The summed E-state index contributed by atoms with van der Waals surface area (Å²) in [6.45, 7) is 2.20. The number of aliphatic hydroxyl groups excluding tert-OH is 1. The zero-order chi connectivity index (χ0) is 16.2. The lowest BCUT2D eigenvalue weighted by molar-refractivity contribution is -0.120. The molecule has 4 N–H and O–H groups in total. The minimum Gasteiger partial charge on any atom is -0.388 e. The van der Waals surface area contributed by atoms with Gasteiger partial charge in [-0.1, -0.05) is 35.9 Å². The molecule has 3 rings (SSSR count). The number of hydrogen-bond acceptors (Lipinski definition) is 5. The minimum atomic E-state index is -0.499. The van der Waals surface area contributed by atoms with E-state index >= 15 is 0 Å².